The predicted molar refractivity (Wildman–Crippen MR) is 72.2 cm³/mol. The standard InChI is InChI=1S/C13H27N3O2/c1-4-11-9-16(13(18)12(14)5-2)7-6-15(11)8-10(3)17/h10-12,17H,4-9,14H2,1-3H3/t10?,11?,12-/m0/s1. The molecule has 1 saturated heterocycles. The molecule has 1 rings (SSSR count). The van der Waals surface area contributed by atoms with Crippen LogP contribution in [-0.2, 0) is 4.79 Å². The molecule has 1 fully saturated rings. The van der Waals surface area contributed by atoms with Gasteiger partial charge in [-0.25, -0.2) is 0 Å². The Hall–Kier alpha value is -0.650. The van der Waals surface area contributed by atoms with Crippen molar-refractivity contribution in [3.63, 3.8) is 0 Å². The van der Waals surface area contributed by atoms with Gasteiger partial charge in [0.05, 0.1) is 12.1 Å². The molecule has 0 spiro atoms. The number of aliphatic hydroxyl groups excluding tert-OH is 1. The minimum absolute atomic E-state index is 0.0626. The number of aliphatic hydroxyl groups is 1. The monoisotopic (exact) mass is 257 g/mol. The first-order valence-corrected chi connectivity index (χ1v) is 6.96. The molecule has 2 unspecified atom stereocenters. The number of piperazine rings is 1. The molecule has 1 amide bonds. The first kappa shape index (κ1) is 15.4. The van der Waals surface area contributed by atoms with E-state index >= 15 is 0 Å². The average Bonchev–Trinajstić information content (AvgIpc) is 2.36. The third-order valence-corrected chi connectivity index (χ3v) is 3.64. The van der Waals surface area contributed by atoms with Crippen LogP contribution in [0, 0.1) is 0 Å². The highest BCUT2D eigenvalue weighted by molar-refractivity contribution is 5.81. The second kappa shape index (κ2) is 7.07. The molecule has 0 bridgehead atoms. The summed E-state index contributed by atoms with van der Waals surface area (Å²) in [5, 5.41) is 9.48. The van der Waals surface area contributed by atoms with Crippen LogP contribution >= 0.6 is 0 Å². The molecule has 3 atom stereocenters. The van der Waals surface area contributed by atoms with Crippen LogP contribution in [-0.4, -0.2) is 65.2 Å². The Morgan fingerprint density at radius 3 is 2.61 bits per heavy atom. The smallest absolute Gasteiger partial charge is 0.239 e. The van der Waals surface area contributed by atoms with Crippen molar-refractivity contribution >= 4 is 5.91 Å². The highest BCUT2D eigenvalue weighted by Crippen LogP contribution is 2.14. The first-order chi connectivity index (χ1) is 8.49. The molecule has 3 N–H and O–H groups in total. The Bertz CT molecular complexity index is 271. The number of hydrogen-bond donors (Lipinski definition) is 2. The van der Waals surface area contributed by atoms with Gasteiger partial charge >= 0.3 is 0 Å². The summed E-state index contributed by atoms with van der Waals surface area (Å²) in [6.45, 7) is 8.81. The Balaban J connectivity index is 2.57. The topological polar surface area (TPSA) is 69.8 Å². The zero-order valence-corrected chi connectivity index (χ0v) is 11.8. The van der Waals surface area contributed by atoms with Crippen LogP contribution < -0.4 is 5.73 Å². The fourth-order valence-corrected chi connectivity index (χ4v) is 2.47. The summed E-state index contributed by atoms with van der Waals surface area (Å²) in [5.41, 5.74) is 5.80. The number of amides is 1. The van der Waals surface area contributed by atoms with Crippen molar-refractivity contribution < 1.29 is 9.90 Å². The zero-order chi connectivity index (χ0) is 13.7. The molecule has 106 valence electrons. The molecule has 0 aromatic rings. The number of hydrogen-bond acceptors (Lipinski definition) is 4. The number of carbonyl (C=O) groups is 1. The van der Waals surface area contributed by atoms with Crippen LogP contribution in [0.5, 0.6) is 0 Å². The van der Waals surface area contributed by atoms with Crippen LogP contribution in [0.25, 0.3) is 0 Å². The number of nitrogens with zero attached hydrogens (tertiary/aromatic N) is 2. The zero-order valence-electron chi connectivity index (χ0n) is 11.8. The predicted octanol–water partition coefficient (Wildman–Crippen LogP) is 0.0273. The van der Waals surface area contributed by atoms with Crippen molar-refractivity contribution in [1.82, 2.24) is 9.80 Å². The van der Waals surface area contributed by atoms with Gasteiger partial charge in [-0.2, -0.15) is 0 Å². The maximum Gasteiger partial charge on any atom is 0.239 e. The SMILES string of the molecule is CCC1CN(C(=O)[C@@H](N)CC)CCN1CC(C)O. The summed E-state index contributed by atoms with van der Waals surface area (Å²) in [6.07, 6.45) is 1.35. The van der Waals surface area contributed by atoms with Crippen molar-refractivity contribution in [2.24, 2.45) is 5.73 Å². The fraction of sp³-hybridized carbons (Fsp3) is 0.923. The first-order valence-electron chi connectivity index (χ1n) is 6.96. The summed E-state index contributed by atoms with van der Waals surface area (Å²) >= 11 is 0. The summed E-state index contributed by atoms with van der Waals surface area (Å²) in [7, 11) is 0. The normalized spacial score (nSPS) is 24.9. The summed E-state index contributed by atoms with van der Waals surface area (Å²) in [4.78, 5) is 16.2. The van der Waals surface area contributed by atoms with E-state index in [1.807, 2.05) is 11.8 Å². The molecule has 1 aliphatic heterocycles. The van der Waals surface area contributed by atoms with E-state index in [4.69, 9.17) is 5.73 Å². The molecule has 0 aromatic heterocycles. The molecular weight excluding hydrogens is 230 g/mol. The lowest BCUT2D eigenvalue weighted by atomic mass is 10.1. The van der Waals surface area contributed by atoms with Gasteiger partial charge in [-0.15, -0.1) is 0 Å². The Labute approximate surface area is 110 Å². The number of nitrogens with two attached hydrogens (primary N) is 1. The molecule has 0 saturated carbocycles. The van der Waals surface area contributed by atoms with E-state index < -0.39 is 0 Å². The van der Waals surface area contributed by atoms with Crippen LogP contribution in [0.3, 0.4) is 0 Å². The minimum atomic E-state index is -0.370. The van der Waals surface area contributed by atoms with Crippen LogP contribution in [0.1, 0.15) is 33.6 Å². The maximum absolute atomic E-state index is 12.1. The third kappa shape index (κ3) is 3.93. The van der Waals surface area contributed by atoms with Crippen LogP contribution in [0.2, 0.25) is 0 Å². The summed E-state index contributed by atoms with van der Waals surface area (Å²) in [6, 6.07) is -0.0350. The minimum Gasteiger partial charge on any atom is -0.392 e. The van der Waals surface area contributed by atoms with Crippen molar-refractivity contribution in [3.05, 3.63) is 0 Å². The molecule has 5 nitrogen and oxygen atoms in total. The molecule has 0 aromatic carbocycles. The third-order valence-electron chi connectivity index (χ3n) is 3.64. The molecule has 0 aliphatic carbocycles. The van der Waals surface area contributed by atoms with Gasteiger partial charge in [0.25, 0.3) is 0 Å². The molecule has 18 heavy (non-hydrogen) atoms. The van der Waals surface area contributed by atoms with Crippen molar-refractivity contribution in [1.29, 1.82) is 0 Å². The quantitative estimate of drug-likeness (QED) is 0.729. The van der Waals surface area contributed by atoms with Crippen molar-refractivity contribution in [2.75, 3.05) is 26.2 Å². The number of rotatable bonds is 5. The lowest BCUT2D eigenvalue weighted by Crippen LogP contribution is -2.58. The van der Waals surface area contributed by atoms with Crippen molar-refractivity contribution in [2.45, 2.75) is 51.8 Å². The molecular formula is C13H27N3O2. The number of β-amino-alcohol motifs (C(OH)–C–C–N with tert-alkyl or cyclic N) is 1. The second-order valence-electron chi connectivity index (χ2n) is 5.21. The molecule has 1 aliphatic rings. The van der Waals surface area contributed by atoms with Gasteiger partial charge in [0.2, 0.25) is 5.91 Å². The van der Waals surface area contributed by atoms with Gasteiger partial charge in [-0.3, -0.25) is 9.69 Å². The Kier molecular flexibility index (Phi) is 6.05. The van der Waals surface area contributed by atoms with Gasteiger partial charge in [0.1, 0.15) is 0 Å². The fourth-order valence-electron chi connectivity index (χ4n) is 2.47. The van der Waals surface area contributed by atoms with E-state index in [0.29, 0.717) is 19.0 Å². The Morgan fingerprint density at radius 1 is 1.44 bits per heavy atom. The van der Waals surface area contributed by atoms with E-state index in [1.54, 1.807) is 6.92 Å². The van der Waals surface area contributed by atoms with Gasteiger partial charge in [-0.1, -0.05) is 13.8 Å². The molecule has 1 heterocycles. The van der Waals surface area contributed by atoms with Gasteiger partial charge in [0, 0.05) is 32.2 Å². The van der Waals surface area contributed by atoms with Gasteiger partial charge in [0.15, 0.2) is 0 Å². The van der Waals surface area contributed by atoms with Gasteiger partial charge in [-0.05, 0) is 19.8 Å². The second-order valence-corrected chi connectivity index (χ2v) is 5.21. The maximum atomic E-state index is 12.1. The van der Waals surface area contributed by atoms with E-state index in [2.05, 4.69) is 11.8 Å². The van der Waals surface area contributed by atoms with Crippen LogP contribution in [0.15, 0.2) is 0 Å². The highest BCUT2D eigenvalue weighted by atomic mass is 16.3. The average molecular weight is 257 g/mol. The van der Waals surface area contributed by atoms with Gasteiger partial charge < -0.3 is 15.7 Å². The van der Waals surface area contributed by atoms with E-state index in [0.717, 1.165) is 26.1 Å². The highest BCUT2D eigenvalue weighted by Gasteiger charge is 2.30. The Morgan fingerprint density at radius 2 is 2.11 bits per heavy atom. The molecule has 0 radical (unpaired) electrons. The lowest BCUT2D eigenvalue weighted by Gasteiger charge is -2.42. The van der Waals surface area contributed by atoms with E-state index in [9.17, 15) is 9.90 Å². The van der Waals surface area contributed by atoms with Crippen LogP contribution in [0.4, 0.5) is 0 Å². The lowest BCUT2D eigenvalue weighted by molar-refractivity contribution is -0.136. The summed E-state index contributed by atoms with van der Waals surface area (Å²) in [5.74, 6) is 0.0626. The molecule has 5 heteroatoms. The largest absolute Gasteiger partial charge is 0.392 e. The van der Waals surface area contributed by atoms with Crippen molar-refractivity contribution in [3.8, 4) is 0 Å². The summed E-state index contributed by atoms with van der Waals surface area (Å²) < 4.78 is 0. The number of carbonyl (C=O) groups excluding carboxylic acids is 1. The van der Waals surface area contributed by atoms with E-state index in [1.165, 1.54) is 0 Å². The van der Waals surface area contributed by atoms with E-state index in [-0.39, 0.29) is 18.1 Å².